The molecule has 14 heavy (non-hydrogen) atoms. The Morgan fingerprint density at radius 1 is 1.36 bits per heavy atom. The van der Waals surface area contributed by atoms with Crippen molar-refractivity contribution in [2.45, 2.75) is 19.8 Å². The molecule has 0 aromatic heterocycles. The molecule has 0 bridgehead atoms. The van der Waals surface area contributed by atoms with Crippen molar-refractivity contribution in [3.8, 4) is 0 Å². The first-order valence-electron chi connectivity index (χ1n) is 4.62. The number of thiocarbonyl (C=S) groups is 1. The maximum Gasteiger partial charge on any atom is 0.0790 e. The molecular formula is C11H15NS2. The van der Waals surface area contributed by atoms with E-state index in [1.807, 2.05) is 0 Å². The van der Waals surface area contributed by atoms with E-state index in [1.165, 1.54) is 17.3 Å². The van der Waals surface area contributed by atoms with E-state index in [2.05, 4.69) is 38.1 Å². The van der Waals surface area contributed by atoms with Crippen molar-refractivity contribution < 1.29 is 0 Å². The van der Waals surface area contributed by atoms with E-state index < -0.39 is 0 Å². The minimum Gasteiger partial charge on any atom is -0.322 e. The highest BCUT2D eigenvalue weighted by Crippen LogP contribution is 2.18. The summed E-state index contributed by atoms with van der Waals surface area (Å²) >= 11 is 6.72. The summed E-state index contributed by atoms with van der Waals surface area (Å²) in [6.07, 6.45) is 0. The molecule has 0 atom stereocenters. The van der Waals surface area contributed by atoms with Crippen LogP contribution in [0.1, 0.15) is 30.9 Å². The lowest BCUT2D eigenvalue weighted by molar-refractivity contribution is 0.867. The fraction of sp³-hybridized carbons (Fsp3) is 0.364. The van der Waals surface area contributed by atoms with Gasteiger partial charge in [0.15, 0.2) is 0 Å². The Morgan fingerprint density at radius 3 is 2.36 bits per heavy atom. The highest BCUT2D eigenvalue weighted by Gasteiger charge is 2.02. The van der Waals surface area contributed by atoms with Crippen molar-refractivity contribution in [2.24, 2.45) is 5.73 Å². The lowest BCUT2D eigenvalue weighted by atomic mass is 10.0. The van der Waals surface area contributed by atoms with E-state index in [1.54, 1.807) is 0 Å². The summed E-state index contributed by atoms with van der Waals surface area (Å²) in [5.74, 6) is 1.12. The minimum absolute atomic E-state index is 0.546. The van der Waals surface area contributed by atoms with Crippen LogP contribution in [0.25, 0.3) is 0 Å². The van der Waals surface area contributed by atoms with Crippen molar-refractivity contribution in [3.63, 3.8) is 0 Å². The van der Waals surface area contributed by atoms with Crippen molar-refractivity contribution >= 4 is 28.2 Å². The molecule has 0 spiro atoms. The molecule has 1 nitrogen and oxygen atoms in total. The van der Waals surface area contributed by atoms with E-state index in [4.69, 9.17) is 18.0 Å². The molecule has 2 N–H and O–H groups in total. The van der Waals surface area contributed by atoms with Crippen LogP contribution in [0.4, 0.5) is 0 Å². The molecule has 3 heteroatoms. The number of benzene rings is 1. The van der Waals surface area contributed by atoms with E-state index in [0.29, 0.717) is 11.8 Å². The van der Waals surface area contributed by atoms with Gasteiger partial charge in [0.1, 0.15) is 0 Å². The monoisotopic (exact) mass is 225 g/mol. The summed E-state index contributed by atoms with van der Waals surface area (Å²) in [6, 6.07) is 8.40. The summed E-state index contributed by atoms with van der Waals surface area (Å²) < 4.78 is 0.878. The number of hydrogen-bond acceptors (Lipinski definition) is 3. The van der Waals surface area contributed by atoms with E-state index >= 15 is 0 Å². The van der Waals surface area contributed by atoms with Gasteiger partial charge in [0.25, 0.3) is 0 Å². The Labute approximate surface area is 95.1 Å². The second-order valence-electron chi connectivity index (χ2n) is 3.38. The maximum absolute atomic E-state index is 5.42. The zero-order valence-corrected chi connectivity index (χ0v) is 10.1. The molecule has 0 aliphatic carbocycles. The molecule has 0 heterocycles. The molecule has 0 saturated heterocycles. The second kappa shape index (κ2) is 5.49. The third kappa shape index (κ3) is 3.08. The molecule has 1 aromatic carbocycles. The third-order valence-electron chi connectivity index (χ3n) is 2.03. The van der Waals surface area contributed by atoms with Crippen LogP contribution in [0.15, 0.2) is 24.3 Å². The van der Waals surface area contributed by atoms with Gasteiger partial charge in [-0.1, -0.05) is 62.1 Å². The Bertz CT molecular complexity index is 304. The van der Waals surface area contributed by atoms with E-state index in [-0.39, 0.29) is 0 Å². The summed E-state index contributed by atoms with van der Waals surface area (Å²) in [4.78, 5) is 0. The maximum atomic E-state index is 5.42. The van der Waals surface area contributed by atoms with Crippen molar-refractivity contribution in [2.75, 3.05) is 5.88 Å². The van der Waals surface area contributed by atoms with Gasteiger partial charge >= 0.3 is 0 Å². The third-order valence-corrected chi connectivity index (χ3v) is 3.28. The normalized spacial score (nSPS) is 10.6. The van der Waals surface area contributed by atoms with Crippen LogP contribution in [0.3, 0.4) is 0 Å². The average molecular weight is 225 g/mol. The second-order valence-corrected chi connectivity index (χ2v) is 5.07. The lowest BCUT2D eigenvalue weighted by Gasteiger charge is -2.06. The zero-order valence-electron chi connectivity index (χ0n) is 8.49. The predicted octanol–water partition coefficient (Wildman–Crippen LogP) is 3.13. The lowest BCUT2D eigenvalue weighted by Crippen LogP contribution is -1.99. The Kier molecular flexibility index (Phi) is 4.58. The van der Waals surface area contributed by atoms with Gasteiger partial charge in [0.05, 0.1) is 4.20 Å². The minimum atomic E-state index is 0.546. The number of thioether (sulfide) groups is 1. The average Bonchev–Trinajstić information content (AvgIpc) is 2.18. The summed E-state index contributed by atoms with van der Waals surface area (Å²) in [6.45, 7) is 4.37. The molecule has 0 aliphatic heterocycles. The van der Waals surface area contributed by atoms with Gasteiger partial charge in [-0.25, -0.2) is 0 Å². The molecule has 0 fully saturated rings. The van der Waals surface area contributed by atoms with Gasteiger partial charge in [-0.2, -0.15) is 0 Å². The van der Waals surface area contributed by atoms with Crippen LogP contribution >= 0.6 is 24.0 Å². The van der Waals surface area contributed by atoms with Gasteiger partial charge in [-0.3, -0.25) is 0 Å². The number of nitrogens with two attached hydrogens (primary N) is 1. The smallest absolute Gasteiger partial charge is 0.0790 e. The fourth-order valence-electron chi connectivity index (χ4n) is 1.16. The SMILES string of the molecule is CC(C)c1ccc(C(=S)SCN)cc1. The summed E-state index contributed by atoms with van der Waals surface area (Å²) in [7, 11) is 0. The molecule has 0 aliphatic rings. The summed E-state index contributed by atoms with van der Waals surface area (Å²) in [5, 5.41) is 0. The molecule has 1 aromatic rings. The van der Waals surface area contributed by atoms with Crippen LogP contribution in [0.2, 0.25) is 0 Å². The van der Waals surface area contributed by atoms with Crippen LogP contribution in [0.5, 0.6) is 0 Å². The molecule has 0 radical (unpaired) electrons. The first-order chi connectivity index (χ1) is 6.65. The van der Waals surface area contributed by atoms with Crippen molar-refractivity contribution in [1.29, 1.82) is 0 Å². The first kappa shape index (κ1) is 11.7. The van der Waals surface area contributed by atoms with Gasteiger partial charge in [0.2, 0.25) is 0 Å². The molecule has 0 saturated carbocycles. The van der Waals surface area contributed by atoms with E-state index in [9.17, 15) is 0 Å². The van der Waals surface area contributed by atoms with Gasteiger partial charge in [0, 0.05) is 5.88 Å². The van der Waals surface area contributed by atoms with Crippen LogP contribution in [-0.4, -0.2) is 10.1 Å². The Hall–Kier alpha value is -0.380. The van der Waals surface area contributed by atoms with Gasteiger partial charge < -0.3 is 5.73 Å². The van der Waals surface area contributed by atoms with Gasteiger partial charge in [-0.15, -0.1) is 0 Å². The number of rotatable bonds is 3. The summed E-state index contributed by atoms with van der Waals surface area (Å²) in [5.41, 5.74) is 7.86. The van der Waals surface area contributed by atoms with Crippen molar-refractivity contribution in [1.82, 2.24) is 0 Å². The molecule has 0 unspecified atom stereocenters. The molecular weight excluding hydrogens is 210 g/mol. The largest absolute Gasteiger partial charge is 0.322 e. The highest BCUT2D eigenvalue weighted by molar-refractivity contribution is 8.23. The Morgan fingerprint density at radius 2 is 1.93 bits per heavy atom. The molecule has 0 amide bonds. The standard InChI is InChI=1S/C11H15NS2/c1-8(2)9-3-5-10(6-4-9)11(13)14-7-12/h3-6,8H,7,12H2,1-2H3. The fourth-order valence-corrected chi connectivity index (χ4v) is 1.96. The van der Waals surface area contributed by atoms with Crippen molar-refractivity contribution in [3.05, 3.63) is 35.4 Å². The van der Waals surface area contributed by atoms with E-state index in [0.717, 1.165) is 9.76 Å². The predicted molar refractivity (Wildman–Crippen MR) is 68.9 cm³/mol. The first-order valence-corrected chi connectivity index (χ1v) is 6.01. The topological polar surface area (TPSA) is 26.0 Å². The Balaban J connectivity index is 2.78. The van der Waals surface area contributed by atoms with Crippen LogP contribution in [-0.2, 0) is 0 Å². The van der Waals surface area contributed by atoms with Gasteiger partial charge in [-0.05, 0) is 17.0 Å². The van der Waals surface area contributed by atoms with Crippen LogP contribution in [0, 0.1) is 0 Å². The zero-order chi connectivity index (χ0) is 10.6. The quantitative estimate of drug-likeness (QED) is 0.632. The molecule has 1 rings (SSSR count). The highest BCUT2D eigenvalue weighted by atomic mass is 32.2. The number of hydrogen-bond donors (Lipinski definition) is 1. The van der Waals surface area contributed by atoms with Crippen LogP contribution < -0.4 is 5.73 Å². The molecule has 76 valence electrons.